The summed E-state index contributed by atoms with van der Waals surface area (Å²) in [6.07, 6.45) is 15.5. The van der Waals surface area contributed by atoms with Gasteiger partial charge in [0.2, 0.25) is 0 Å². The molecule has 2 rings (SSSR count). The molecule has 0 heterocycles. The van der Waals surface area contributed by atoms with Gasteiger partial charge in [0, 0.05) is 5.41 Å². The van der Waals surface area contributed by atoms with E-state index in [1.54, 1.807) is 5.57 Å². The minimum Gasteiger partial charge on any atom is -0.0804 e. The van der Waals surface area contributed by atoms with E-state index in [0.717, 1.165) is 12.3 Å². The van der Waals surface area contributed by atoms with Crippen LogP contribution in [0.5, 0.6) is 0 Å². The fourth-order valence-corrected chi connectivity index (χ4v) is 3.83. The second-order valence-electron chi connectivity index (χ2n) is 6.82. The highest BCUT2D eigenvalue weighted by Crippen LogP contribution is 2.58. The van der Waals surface area contributed by atoms with Gasteiger partial charge in [-0.1, -0.05) is 65.2 Å². The summed E-state index contributed by atoms with van der Waals surface area (Å²) in [5.74, 6) is 0.746. The molecule has 0 heteroatoms. The zero-order chi connectivity index (χ0) is 12.5. The first-order chi connectivity index (χ1) is 8.01. The number of rotatable bonds is 3. The van der Waals surface area contributed by atoms with Crippen LogP contribution in [0.4, 0.5) is 0 Å². The van der Waals surface area contributed by atoms with Crippen LogP contribution < -0.4 is 0 Å². The Bertz CT molecular complexity index is 322. The van der Waals surface area contributed by atoms with E-state index >= 15 is 0 Å². The quantitative estimate of drug-likeness (QED) is 0.602. The molecule has 0 aliphatic heterocycles. The predicted octanol–water partition coefficient (Wildman–Crippen LogP) is 5.51. The van der Waals surface area contributed by atoms with E-state index < -0.39 is 0 Å². The average Bonchev–Trinajstić information content (AvgIpc) is 2.83. The smallest absolute Gasteiger partial charge is 0.000340 e. The van der Waals surface area contributed by atoms with E-state index in [1.807, 2.05) is 0 Å². The molecular weight excluding hydrogens is 204 g/mol. The topological polar surface area (TPSA) is 0 Å². The maximum Gasteiger partial charge on any atom is 0.000340 e. The second kappa shape index (κ2) is 4.63. The molecule has 0 unspecified atom stereocenters. The van der Waals surface area contributed by atoms with Gasteiger partial charge in [0.25, 0.3) is 0 Å². The molecule has 0 radical (unpaired) electrons. The third-order valence-electron chi connectivity index (χ3n) is 5.71. The van der Waals surface area contributed by atoms with Crippen LogP contribution in [-0.4, -0.2) is 0 Å². The molecule has 0 aromatic rings. The summed E-state index contributed by atoms with van der Waals surface area (Å²) in [7, 11) is 0. The van der Waals surface area contributed by atoms with Gasteiger partial charge >= 0.3 is 0 Å². The molecule has 0 aromatic heterocycles. The predicted molar refractivity (Wildman–Crippen MR) is 76.0 cm³/mol. The third-order valence-corrected chi connectivity index (χ3v) is 5.71. The fraction of sp³-hybridized carbons (Fsp3) is 0.765. The summed E-state index contributed by atoms with van der Waals surface area (Å²) in [5.41, 5.74) is 2.51. The van der Waals surface area contributed by atoms with Crippen molar-refractivity contribution in [3.05, 3.63) is 23.8 Å². The van der Waals surface area contributed by atoms with Crippen molar-refractivity contribution in [1.29, 1.82) is 0 Å². The number of allylic oxidation sites excluding steroid dienone is 4. The zero-order valence-electron chi connectivity index (χ0n) is 12.1. The van der Waals surface area contributed by atoms with Crippen molar-refractivity contribution in [2.45, 2.75) is 66.2 Å². The molecule has 0 saturated heterocycles. The molecule has 17 heavy (non-hydrogen) atoms. The Morgan fingerprint density at radius 2 is 1.76 bits per heavy atom. The lowest BCUT2D eigenvalue weighted by molar-refractivity contribution is 0.0239. The van der Waals surface area contributed by atoms with Crippen molar-refractivity contribution in [2.75, 3.05) is 0 Å². The van der Waals surface area contributed by atoms with Crippen LogP contribution in [0.3, 0.4) is 0 Å². The van der Waals surface area contributed by atoms with Gasteiger partial charge in [0.15, 0.2) is 0 Å². The molecule has 0 spiro atoms. The largest absolute Gasteiger partial charge is 0.0804 e. The van der Waals surface area contributed by atoms with E-state index in [-0.39, 0.29) is 0 Å². The first-order valence-electron chi connectivity index (χ1n) is 7.38. The highest BCUT2D eigenvalue weighted by Gasteiger charge is 2.48. The third kappa shape index (κ3) is 2.00. The average molecular weight is 232 g/mol. The van der Waals surface area contributed by atoms with E-state index in [1.165, 1.54) is 32.1 Å². The van der Waals surface area contributed by atoms with Gasteiger partial charge in [-0.25, -0.2) is 0 Å². The molecule has 2 aliphatic carbocycles. The maximum atomic E-state index is 2.50. The Morgan fingerprint density at radius 1 is 1.12 bits per heavy atom. The van der Waals surface area contributed by atoms with Crippen molar-refractivity contribution in [3.8, 4) is 0 Å². The summed E-state index contributed by atoms with van der Waals surface area (Å²) < 4.78 is 0. The van der Waals surface area contributed by atoms with Crippen LogP contribution in [0.15, 0.2) is 23.8 Å². The molecule has 96 valence electrons. The van der Waals surface area contributed by atoms with Gasteiger partial charge in [-0.15, -0.1) is 0 Å². The lowest BCUT2D eigenvalue weighted by atomic mass is 9.52. The van der Waals surface area contributed by atoms with E-state index in [0.29, 0.717) is 10.8 Å². The zero-order valence-corrected chi connectivity index (χ0v) is 12.1. The molecule has 0 nitrogen and oxygen atoms in total. The maximum absolute atomic E-state index is 2.50. The number of hydrogen-bond donors (Lipinski definition) is 0. The molecule has 0 N–H and O–H groups in total. The van der Waals surface area contributed by atoms with Gasteiger partial charge in [-0.2, -0.15) is 0 Å². The summed E-state index contributed by atoms with van der Waals surface area (Å²) in [6.45, 7) is 9.79. The summed E-state index contributed by atoms with van der Waals surface area (Å²) in [5, 5.41) is 0. The lowest BCUT2D eigenvalue weighted by Gasteiger charge is -2.52. The first-order valence-corrected chi connectivity index (χ1v) is 7.38. The minimum atomic E-state index is 0.411. The van der Waals surface area contributed by atoms with Crippen LogP contribution >= 0.6 is 0 Å². The van der Waals surface area contributed by atoms with Crippen molar-refractivity contribution < 1.29 is 0 Å². The van der Waals surface area contributed by atoms with Crippen LogP contribution in [0.25, 0.3) is 0 Å². The van der Waals surface area contributed by atoms with Gasteiger partial charge in [0.1, 0.15) is 0 Å². The first kappa shape index (κ1) is 12.9. The molecule has 0 aromatic carbocycles. The normalized spacial score (nSPS) is 24.2. The van der Waals surface area contributed by atoms with Crippen molar-refractivity contribution in [3.63, 3.8) is 0 Å². The van der Waals surface area contributed by atoms with Gasteiger partial charge < -0.3 is 0 Å². The molecule has 2 aliphatic rings. The molecule has 0 amide bonds. The summed E-state index contributed by atoms with van der Waals surface area (Å²) >= 11 is 0. The van der Waals surface area contributed by atoms with E-state index in [2.05, 4.69) is 45.9 Å². The molecule has 0 atom stereocenters. The van der Waals surface area contributed by atoms with Gasteiger partial charge in [0.05, 0.1) is 0 Å². The van der Waals surface area contributed by atoms with Gasteiger partial charge in [-0.3, -0.25) is 0 Å². The fourth-order valence-electron chi connectivity index (χ4n) is 3.83. The Kier molecular flexibility index (Phi) is 3.52. The standard InChI is InChI=1S/C17H28/c1-14(2)16(3,4)17(12-8-5-9-13-17)15-10-6-7-11-15/h6,10-11,14H,5,7-9,12-13H2,1-4H3. The highest BCUT2D eigenvalue weighted by atomic mass is 14.5. The van der Waals surface area contributed by atoms with Crippen molar-refractivity contribution >= 4 is 0 Å². The minimum absolute atomic E-state index is 0.411. The summed E-state index contributed by atoms with van der Waals surface area (Å²) in [6, 6.07) is 0. The highest BCUT2D eigenvalue weighted by molar-refractivity contribution is 5.35. The molecule has 1 saturated carbocycles. The molecule has 1 fully saturated rings. The SMILES string of the molecule is CC(C)C(C)(C)C1(C2=CCC=C2)CCCCC1. The van der Waals surface area contributed by atoms with Crippen LogP contribution in [0, 0.1) is 16.7 Å². The van der Waals surface area contributed by atoms with Gasteiger partial charge in [-0.05, 0) is 36.2 Å². The Hall–Kier alpha value is -0.520. The van der Waals surface area contributed by atoms with E-state index in [9.17, 15) is 0 Å². The van der Waals surface area contributed by atoms with E-state index in [4.69, 9.17) is 0 Å². The molecule has 0 bridgehead atoms. The second-order valence-corrected chi connectivity index (χ2v) is 6.82. The van der Waals surface area contributed by atoms with Crippen LogP contribution in [0.2, 0.25) is 0 Å². The Labute approximate surface area is 107 Å². The molecular formula is C17H28. The Balaban J connectivity index is 2.39. The summed E-state index contributed by atoms with van der Waals surface area (Å²) in [4.78, 5) is 0. The van der Waals surface area contributed by atoms with Crippen molar-refractivity contribution in [2.24, 2.45) is 16.7 Å². The lowest BCUT2D eigenvalue weighted by Crippen LogP contribution is -2.44. The van der Waals surface area contributed by atoms with Crippen LogP contribution in [-0.2, 0) is 0 Å². The van der Waals surface area contributed by atoms with Crippen molar-refractivity contribution in [1.82, 2.24) is 0 Å². The monoisotopic (exact) mass is 232 g/mol. The Morgan fingerprint density at radius 3 is 2.24 bits per heavy atom. The van der Waals surface area contributed by atoms with Crippen LogP contribution in [0.1, 0.15) is 66.2 Å². The number of hydrogen-bond acceptors (Lipinski definition) is 0.